The summed E-state index contributed by atoms with van der Waals surface area (Å²) in [4.78, 5) is 0. The Morgan fingerprint density at radius 2 is 1.71 bits per heavy atom. The Bertz CT molecular complexity index is 417. The van der Waals surface area contributed by atoms with E-state index in [0.29, 0.717) is 0 Å². The molecule has 92 valence electrons. The molecule has 0 aromatic heterocycles. The van der Waals surface area contributed by atoms with Gasteiger partial charge < -0.3 is 9.16 Å². The van der Waals surface area contributed by atoms with Crippen LogP contribution in [0.4, 0.5) is 0 Å². The lowest BCUT2D eigenvalue weighted by atomic mass is 9.98. The van der Waals surface area contributed by atoms with E-state index in [0.717, 1.165) is 11.3 Å². The Morgan fingerprint density at radius 3 is 2.06 bits per heavy atom. The maximum atomic E-state index is 9.34. The zero-order valence-electron chi connectivity index (χ0n) is 11.1. The third-order valence-corrected chi connectivity index (χ3v) is 3.39. The van der Waals surface area contributed by atoms with Crippen LogP contribution in [0.25, 0.3) is 0 Å². The van der Waals surface area contributed by atoms with Crippen LogP contribution in [0.1, 0.15) is 12.5 Å². The number of methoxy groups -OCH3 is 1. The molecular weight excluding hydrogens is 230 g/mol. The third kappa shape index (κ3) is 3.58. The van der Waals surface area contributed by atoms with Gasteiger partial charge in [0, 0.05) is 0 Å². The summed E-state index contributed by atoms with van der Waals surface area (Å²) < 4.78 is 11.1. The van der Waals surface area contributed by atoms with E-state index in [1.165, 1.54) is 0 Å². The Hall–Kier alpha value is -1.31. The zero-order valence-corrected chi connectivity index (χ0v) is 12.1. The fourth-order valence-corrected chi connectivity index (χ4v) is 3.06. The molecule has 0 saturated heterocycles. The van der Waals surface area contributed by atoms with E-state index in [4.69, 9.17) is 9.16 Å². The number of nitrogens with zero attached hydrogens (tertiary/aromatic N) is 1. The summed E-state index contributed by atoms with van der Waals surface area (Å²) in [7, 11) is -0.150. The van der Waals surface area contributed by atoms with E-state index in [2.05, 4.69) is 25.7 Å². The molecule has 1 aromatic rings. The average Bonchev–Trinajstić information content (AvgIpc) is 2.27. The molecule has 0 bridgehead atoms. The van der Waals surface area contributed by atoms with E-state index in [1.54, 1.807) is 7.11 Å². The minimum absolute atomic E-state index is 0.780. The van der Waals surface area contributed by atoms with Crippen molar-refractivity contribution in [2.24, 2.45) is 0 Å². The highest BCUT2D eigenvalue weighted by molar-refractivity contribution is 6.69. The first-order chi connectivity index (χ1) is 7.80. The summed E-state index contributed by atoms with van der Waals surface area (Å²) in [6.45, 7) is 8.04. The van der Waals surface area contributed by atoms with E-state index >= 15 is 0 Å². The van der Waals surface area contributed by atoms with Gasteiger partial charge in [-0.2, -0.15) is 5.26 Å². The first-order valence-electron chi connectivity index (χ1n) is 5.57. The third-order valence-electron chi connectivity index (χ3n) is 2.36. The van der Waals surface area contributed by atoms with Crippen molar-refractivity contribution in [3.05, 3.63) is 29.8 Å². The SMILES string of the molecule is COc1ccc([C@](C)(C#N)O[Si](C)(C)C)cc1. The van der Waals surface area contributed by atoms with Crippen LogP contribution in [0.5, 0.6) is 5.75 Å². The number of hydrogen-bond donors (Lipinski definition) is 0. The monoisotopic (exact) mass is 249 g/mol. The minimum Gasteiger partial charge on any atom is -0.497 e. The quantitative estimate of drug-likeness (QED) is 0.769. The first kappa shape index (κ1) is 13.8. The van der Waals surface area contributed by atoms with Crippen molar-refractivity contribution in [1.29, 1.82) is 5.26 Å². The van der Waals surface area contributed by atoms with Gasteiger partial charge in [0.05, 0.1) is 7.11 Å². The highest BCUT2D eigenvalue weighted by atomic mass is 28.4. The highest BCUT2D eigenvalue weighted by Gasteiger charge is 2.33. The van der Waals surface area contributed by atoms with E-state index < -0.39 is 13.9 Å². The van der Waals surface area contributed by atoms with Crippen molar-refractivity contribution < 1.29 is 9.16 Å². The molecule has 0 amide bonds. The molecule has 3 nitrogen and oxygen atoms in total. The van der Waals surface area contributed by atoms with E-state index in [1.807, 2.05) is 31.2 Å². The minimum atomic E-state index is -1.77. The van der Waals surface area contributed by atoms with Crippen molar-refractivity contribution in [1.82, 2.24) is 0 Å². The number of ether oxygens (including phenoxy) is 1. The Kier molecular flexibility index (Phi) is 3.97. The maximum absolute atomic E-state index is 9.34. The normalized spacial score (nSPS) is 14.8. The molecule has 0 fully saturated rings. The van der Waals surface area contributed by atoms with Crippen molar-refractivity contribution in [3.8, 4) is 11.8 Å². The van der Waals surface area contributed by atoms with Crippen LogP contribution in [0.15, 0.2) is 24.3 Å². The highest BCUT2D eigenvalue weighted by Crippen LogP contribution is 2.29. The van der Waals surface area contributed by atoms with Crippen LogP contribution < -0.4 is 4.74 Å². The molecule has 0 radical (unpaired) electrons. The molecule has 1 rings (SSSR count). The second kappa shape index (κ2) is 4.90. The number of benzene rings is 1. The predicted molar refractivity (Wildman–Crippen MR) is 70.4 cm³/mol. The number of hydrogen-bond acceptors (Lipinski definition) is 3. The van der Waals surface area contributed by atoms with Crippen molar-refractivity contribution in [3.63, 3.8) is 0 Å². The summed E-state index contributed by atoms with van der Waals surface area (Å²) in [6.07, 6.45) is 0. The molecule has 0 saturated carbocycles. The molecule has 0 aliphatic carbocycles. The molecule has 4 heteroatoms. The van der Waals surface area contributed by atoms with Gasteiger partial charge in [0.1, 0.15) is 11.8 Å². The zero-order chi connectivity index (χ0) is 13.1. The van der Waals surface area contributed by atoms with Crippen molar-refractivity contribution in [2.45, 2.75) is 32.2 Å². The van der Waals surface area contributed by atoms with Crippen LogP contribution in [-0.2, 0) is 10.0 Å². The number of nitriles is 1. The molecule has 1 aromatic carbocycles. The summed E-state index contributed by atoms with van der Waals surface area (Å²) in [5.41, 5.74) is -0.0141. The van der Waals surface area contributed by atoms with Gasteiger partial charge in [-0.05, 0) is 44.3 Å². The van der Waals surface area contributed by atoms with Gasteiger partial charge in [-0.15, -0.1) is 0 Å². The van der Waals surface area contributed by atoms with Crippen LogP contribution in [0.2, 0.25) is 19.6 Å². The Labute approximate surface area is 104 Å². The topological polar surface area (TPSA) is 42.2 Å². The lowest BCUT2D eigenvalue weighted by Crippen LogP contribution is -2.37. The predicted octanol–water partition coefficient (Wildman–Crippen LogP) is 3.29. The second-order valence-corrected chi connectivity index (χ2v) is 9.52. The summed E-state index contributed by atoms with van der Waals surface area (Å²) in [5, 5.41) is 9.34. The lowest BCUT2D eigenvalue weighted by Gasteiger charge is -2.30. The van der Waals surface area contributed by atoms with Crippen LogP contribution in [0, 0.1) is 11.3 Å². The van der Waals surface area contributed by atoms with Crippen molar-refractivity contribution in [2.75, 3.05) is 7.11 Å². The molecule has 17 heavy (non-hydrogen) atoms. The standard InChI is InChI=1S/C13H19NO2Si/c1-13(10-14,16-17(3,4)5)11-6-8-12(15-2)9-7-11/h6-9H,1-5H3/t13-/m0/s1. The summed E-state index contributed by atoms with van der Waals surface area (Å²) in [6, 6.07) is 9.71. The van der Waals surface area contributed by atoms with Gasteiger partial charge in [0.15, 0.2) is 13.9 Å². The van der Waals surface area contributed by atoms with Crippen LogP contribution >= 0.6 is 0 Å². The molecule has 0 aliphatic heterocycles. The van der Waals surface area contributed by atoms with E-state index in [9.17, 15) is 5.26 Å². The van der Waals surface area contributed by atoms with Crippen molar-refractivity contribution >= 4 is 8.32 Å². The Morgan fingerprint density at radius 1 is 1.18 bits per heavy atom. The van der Waals surface area contributed by atoms with Crippen LogP contribution in [0.3, 0.4) is 0 Å². The molecule has 0 N–H and O–H groups in total. The van der Waals surface area contributed by atoms with E-state index in [-0.39, 0.29) is 0 Å². The second-order valence-electron chi connectivity index (χ2n) is 5.09. The van der Waals surface area contributed by atoms with Gasteiger partial charge in [-0.25, -0.2) is 0 Å². The van der Waals surface area contributed by atoms with Gasteiger partial charge in [0.2, 0.25) is 0 Å². The van der Waals surface area contributed by atoms with Gasteiger partial charge >= 0.3 is 0 Å². The fraction of sp³-hybridized carbons (Fsp3) is 0.462. The van der Waals surface area contributed by atoms with Crippen LogP contribution in [-0.4, -0.2) is 15.4 Å². The number of rotatable bonds is 4. The largest absolute Gasteiger partial charge is 0.497 e. The summed E-state index contributed by atoms with van der Waals surface area (Å²) in [5.74, 6) is 0.780. The fourth-order valence-electron chi connectivity index (χ4n) is 1.67. The molecule has 0 spiro atoms. The molecule has 0 heterocycles. The maximum Gasteiger partial charge on any atom is 0.186 e. The molecule has 1 atom stereocenters. The smallest absolute Gasteiger partial charge is 0.186 e. The first-order valence-corrected chi connectivity index (χ1v) is 8.97. The lowest BCUT2D eigenvalue weighted by molar-refractivity contribution is 0.141. The average molecular weight is 249 g/mol. The molecular formula is C13H19NO2Si. The van der Waals surface area contributed by atoms with Gasteiger partial charge in [-0.1, -0.05) is 12.1 Å². The van der Waals surface area contributed by atoms with Gasteiger partial charge in [0.25, 0.3) is 0 Å². The molecule has 0 aliphatic rings. The molecule has 0 unspecified atom stereocenters. The van der Waals surface area contributed by atoms with Gasteiger partial charge in [-0.3, -0.25) is 0 Å². The Balaban J connectivity index is 3.04. The summed E-state index contributed by atoms with van der Waals surface area (Å²) >= 11 is 0.